The van der Waals surface area contributed by atoms with Gasteiger partial charge in [-0.2, -0.15) is 0 Å². The first-order valence-electron chi connectivity index (χ1n) is 5.30. The molecule has 0 aliphatic heterocycles. The number of hydrogen-bond donors (Lipinski definition) is 1. The lowest BCUT2D eigenvalue weighted by Crippen LogP contribution is -2.18. The van der Waals surface area contributed by atoms with E-state index < -0.39 is 0 Å². The van der Waals surface area contributed by atoms with Crippen LogP contribution < -0.4 is 5.73 Å². The highest BCUT2D eigenvalue weighted by Gasteiger charge is 2.43. The minimum Gasteiger partial charge on any atom is -0.397 e. The maximum absolute atomic E-state index is 6.17. The van der Waals surface area contributed by atoms with E-state index in [0.29, 0.717) is 5.41 Å². The number of nitrogen functional groups attached to an aromatic ring is 1. The topological polar surface area (TPSA) is 26.0 Å². The van der Waals surface area contributed by atoms with Crippen LogP contribution in [0.5, 0.6) is 0 Å². The number of nitrogens with two attached hydrogens (primary N) is 1. The van der Waals surface area contributed by atoms with E-state index in [4.69, 9.17) is 5.73 Å². The first-order valence-corrected chi connectivity index (χ1v) is 6.91. The Morgan fingerprint density at radius 2 is 1.93 bits per heavy atom. The van der Waals surface area contributed by atoms with Crippen LogP contribution in [0.15, 0.2) is 3.79 Å². The molecule has 0 atom stereocenters. The third-order valence-electron chi connectivity index (χ3n) is 3.89. The van der Waals surface area contributed by atoms with Gasteiger partial charge in [-0.1, -0.05) is 12.8 Å². The molecule has 0 aromatic carbocycles. The van der Waals surface area contributed by atoms with Gasteiger partial charge in [-0.25, -0.2) is 0 Å². The Morgan fingerprint density at radius 1 is 1.21 bits per heavy atom. The van der Waals surface area contributed by atoms with E-state index >= 15 is 0 Å². The molecule has 2 aliphatic rings. The van der Waals surface area contributed by atoms with Gasteiger partial charge in [0.15, 0.2) is 0 Å². The van der Waals surface area contributed by atoms with Gasteiger partial charge >= 0.3 is 0 Å². The number of rotatable bonds is 0. The van der Waals surface area contributed by atoms with Crippen LogP contribution in [0.2, 0.25) is 0 Å². The lowest BCUT2D eigenvalue weighted by molar-refractivity contribution is 0.440. The summed E-state index contributed by atoms with van der Waals surface area (Å²) in [5.74, 6) is 0. The van der Waals surface area contributed by atoms with E-state index in [1.807, 2.05) is 11.3 Å². The zero-order chi connectivity index (χ0) is 9.76. The lowest BCUT2D eigenvalue weighted by atomic mass is 9.80. The van der Waals surface area contributed by atoms with Crippen molar-refractivity contribution >= 4 is 33.0 Å². The molecule has 76 valence electrons. The third kappa shape index (κ3) is 1.06. The van der Waals surface area contributed by atoms with Crippen molar-refractivity contribution in [2.24, 2.45) is 0 Å². The fourth-order valence-corrected chi connectivity index (χ4v) is 5.10. The molecular weight excluding hydrogens is 258 g/mol. The molecule has 14 heavy (non-hydrogen) atoms. The van der Waals surface area contributed by atoms with Crippen molar-refractivity contribution in [3.8, 4) is 0 Å². The second kappa shape index (κ2) is 2.99. The second-order valence-electron chi connectivity index (χ2n) is 4.58. The highest BCUT2D eigenvalue weighted by molar-refractivity contribution is 9.11. The largest absolute Gasteiger partial charge is 0.397 e. The maximum atomic E-state index is 6.17. The van der Waals surface area contributed by atoms with Gasteiger partial charge in [0.1, 0.15) is 0 Å². The minimum atomic E-state index is 0.488. The molecule has 1 spiro atoms. The molecule has 0 bridgehead atoms. The Bertz CT molecular complexity index is 377. The standard InChI is InChI=1S/C11H14BrNS/c12-10-9(13)8-7(14-10)3-6-11(8)4-1-2-5-11/h1-6,13H2. The normalized spacial score (nSPS) is 23.2. The Balaban J connectivity index is 2.16. The van der Waals surface area contributed by atoms with Gasteiger partial charge < -0.3 is 5.73 Å². The first kappa shape index (κ1) is 9.22. The van der Waals surface area contributed by atoms with E-state index in [9.17, 15) is 0 Å². The summed E-state index contributed by atoms with van der Waals surface area (Å²) in [6.45, 7) is 0. The summed E-state index contributed by atoms with van der Waals surface area (Å²) in [6.07, 6.45) is 8.14. The summed E-state index contributed by atoms with van der Waals surface area (Å²) in [7, 11) is 0. The zero-order valence-corrected chi connectivity index (χ0v) is 10.5. The summed E-state index contributed by atoms with van der Waals surface area (Å²) in [5.41, 5.74) is 9.23. The summed E-state index contributed by atoms with van der Waals surface area (Å²) < 4.78 is 1.16. The van der Waals surface area contributed by atoms with Crippen molar-refractivity contribution in [3.63, 3.8) is 0 Å². The van der Waals surface area contributed by atoms with Crippen molar-refractivity contribution < 1.29 is 0 Å². The first-order chi connectivity index (χ1) is 6.73. The van der Waals surface area contributed by atoms with Crippen molar-refractivity contribution in [3.05, 3.63) is 14.2 Å². The quantitative estimate of drug-likeness (QED) is 0.762. The van der Waals surface area contributed by atoms with E-state index in [-0.39, 0.29) is 0 Å². The van der Waals surface area contributed by atoms with Gasteiger partial charge in [0.05, 0.1) is 9.47 Å². The Hall–Kier alpha value is -0.0200. The van der Waals surface area contributed by atoms with E-state index in [0.717, 1.165) is 9.47 Å². The van der Waals surface area contributed by atoms with Crippen LogP contribution >= 0.6 is 27.3 Å². The summed E-state index contributed by atoms with van der Waals surface area (Å²) in [6, 6.07) is 0. The molecule has 3 heteroatoms. The zero-order valence-electron chi connectivity index (χ0n) is 8.11. The lowest BCUT2D eigenvalue weighted by Gasteiger charge is -2.24. The van der Waals surface area contributed by atoms with Gasteiger partial charge in [-0.05, 0) is 52.6 Å². The molecule has 1 fully saturated rings. The molecule has 3 rings (SSSR count). The molecule has 0 radical (unpaired) electrons. The predicted molar refractivity (Wildman–Crippen MR) is 64.9 cm³/mol. The van der Waals surface area contributed by atoms with E-state index in [1.54, 1.807) is 4.88 Å². The third-order valence-corrected chi connectivity index (χ3v) is 5.86. The number of halogens is 1. The van der Waals surface area contributed by atoms with Gasteiger partial charge in [0.2, 0.25) is 0 Å². The Kier molecular flexibility index (Phi) is 1.97. The summed E-state index contributed by atoms with van der Waals surface area (Å²) in [4.78, 5) is 1.55. The van der Waals surface area contributed by atoms with Gasteiger partial charge in [-0.15, -0.1) is 11.3 Å². The minimum absolute atomic E-state index is 0.488. The molecule has 0 amide bonds. The van der Waals surface area contributed by atoms with Crippen LogP contribution in [-0.2, 0) is 11.8 Å². The summed E-state index contributed by atoms with van der Waals surface area (Å²) >= 11 is 5.42. The summed E-state index contributed by atoms with van der Waals surface area (Å²) in [5, 5.41) is 0. The van der Waals surface area contributed by atoms with Crippen molar-refractivity contribution in [2.45, 2.75) is 43.9 Å². The van der Waals surface area contributed by atoms with E-state index in [1.165, 1.54) is 44.1 Å². The molecule has 1 heterocycles. The van der Waals surface area contributed by atoms with Gasteiger partial charge in [0.25, 0.3) is 0 Å². The number of hydrogen-bond acceptors (Lipinski definition) is 2. The number of thiophene rings is 1. The van der Waals surface area contributed by atoms with Crippen molar-refractivity contribution in [1.82, 2.24) is 0 Å². The molecular formula is C11H14BrNS. The number of aryl methyl sites for hydroxylation is 1. The van der Waals surface area contributed by atoms with Crippen molar-refractivity contribution in [1.29, 1.82) is 0 Å². The number of anilines is 1. The molecule has 0 saturated heterocycles. The van der Waals surface area contributed by atoms with Crippen LogP contribution in [0, 0.1) is 0 Å². The van der Waals surface area contributed by atoms with Crippen LogP contribution in [0.25, 0.3) is 0 Å². The van der Waals surface area contributed by atoms with Gasteiger partial charge in [-0.3, -0.25) is 0 Å². The maximum Gasteiger partial charge on any atom is 0.0933 e. The predicted octanol–water partition coefficient (Wildman–Crippen LogP) is 3.85. The van der Waals surface area contributed by atoms with Gasteiger partial charge in [0, 0.05) is 4.88 Å². The fourth-order valence-electron chi connectivity index (χ4n) is 3.25. The molecule has 1 aromatic rings. The molecule has 2 N–H and O–H groups in total. The number of fused-ring (bicyclic) bond motifs is 2. The molecule has 1 saturated carbocycles. The smallest absolute Gasteiger partial charge is 0.0933 e. The SMILES string of the molecule is Nc1c(Br)sc2c1C1(CCCC1)CC2. The average Bonchev–Trinajstić information content (AvgIpc) is 2.80. The monoisotopic (exact) mass is 271 g/mol. The van der Waals surface area contributed by atoms with Crippen LogP contribution in [0.3, 0.4) is 0 Å². The molecule has 0 unspecified atom stereocenters. The van der Waals surface area contributed by atoms with Crippen molar-refractivity contribution in [2.75, 3.05) is 5.73 Å². The molecule has 1 aromatic heterocycles. The Morgan fingerprint density at radius 3 is 2.64 bits per heavy atom. The van der Waals surface area contributed by atoms with Crippen LogP contribution in [0.4, 0.5) is 5.69 Å². The second-order valence-corrected chi connectivity index (χ2v) is 7.00. The van der Waals surface area contributed by atoms with Crippen LogP contribution in [-0.4, -0.2) is 0 Å². The fraction of sp³-hybridized carbons (Fsp3) is 0.636. The Labute approximate surface area is 96.8 Å². The average molecular weight is 272 g/mol. The molecule has 1 nitrogen and oxygen atoms in total. The van der Waals surface area contributed by atoms with E-state index in [2.05, 4.69) is 15.9 Å². The van der Waals surface area contributed by atoms with Crippen LogP contribution in [0.1, 0.15) is 42.5 Å². The highest BCUT2D eigenvalue weighted by Crippen LogP contribution is 2.56. The highest BCUT2D eigenvalue weighted by atomic mass is 79.9. The molecule has 2 aliphatic carbocycles.